The van der Waals surface area contributed by atoms with Crippen LogP contribution in [0.3, 0.4) is 0 Å². The lowest BCUT2D eigenvalue weighted by Crippen LogP contribution is -2.46. The largest absolute Gasteiger partial charge is 0.462 e. The highest BCUT2D eigenvalue weighted by Gasteiger charge is 2.24. The van der Waals surface area contributed by atoms with Crippen molar-refractivity contribution >= 4 is 11.9 Å². The van der Waals surface area contributed by atoms with Crippen molar-refractivity contribution in [3.05, 3.63) is 36.5 Å². The van der Waals surface area contributed by atoms with Crippen LogP contribution in [-0.2, 0) is 14.3 Å². The first kappa shape index (κ1) is 57.1. The average Bonchev–Trinajstić information content (AvgIpc) is 3.23. The fourth-order valence-electron chi connectivity index (χ4n) is 7.86. The Morgan fingerprint density at radius 3 is 1.37 bits per heavy atom. The van der Waals surface area contributed by atoms with Gasteiger partial charge in [0.15, 0.2) is 0 Å². The van der Waals surface area contributed by atoms with E-state index < -0.39 is 18.2 Å². The van der Waals surface area contributed by atoms with Crippen LogP contribution in [-0.4, -0.2) is 46.9 Å². The molecule has 0 spiro atoms. The number of hydrogen-bond donors (Lipinski definition) is 3. The topological polar surface area (TPSA) is 95.9 Å². The van der Waals surface area contributed by atoms with Crippen LogP contribution < -0.4 is 5.32 Å². The normalized spacial score (nSPS) is 13.5. The molecule has 3 N–H and O–H groups in total. The van der Waals surface area contributed by atoms with Crippen LogP contribution in [0.5, 0.6) is 0 Å². The van der Waals surface area contributed by atoms with Crippen LogP contribution in [0, 0.1) is 0 Å². The van der Waals surface area contributed by atoms with E-state index in [-0.39, 0.29) is 24.9 Å². The lowest BCUT2D eigenvalue weighted by molar-refractivity contribution is -0.151. The van der Waals surface area contributed by atoms with E-state index >= 15 is 0 Å². The van der Waals surface area contributed by atoms with Gasteiger partial charge in [-0.15, -0.1) is 0 Å². The molecule has 0 rings (SSSR count). The summed E-state index contributed by atoms with van der Waals surface area (Å²) < 4.78 is 5.91. The molecule has 6 nitrogen and oxygen atoms in total. The summed E-state index contributed by atoms with van der Waals surface area (Å²) >= 11 is 0. The Bertz CT molecular complexity index is 977. The monoisotopic (exact) mass is 830 g/mol. The Kier molecular flexibility index (Phi) is 45.6. The number of nitrogens with one attached hydrogen (secondary N) is 1. The third kappa shape index (κ3) is 42.6. The third-order valence-electron chi connectivity index (χ3n) is 11.7. The summed E-state index contributed by atoms with van der Waals surface area (Å²) in [6.45, 7) is 6.37. The van der Waals surface area contributed by atoms with E-state index in [1.165, 1.54) is 141 Å². The Morgan fingerprint density at radius 2 is 0.915 bits per heavy atom. The number of allylic oxidation sites excluding steroid dienone is 6. The molecule has 3 atom stereocenters. The zero-order chi connectivity index (χ0) is 43.1. The van der Waals surface area contributed by atoms with Gasteiger partial charge in [0.2, 0.25) is 5.91 Å². The maximum absolute atomic E-state index is 13.2. The molecule has 0 fully saturated rings. The van der Waals surface area contributed by atoms with Crippen LogP contribution in [0.2, 0.25) is 0 Å². The number of carbonyl (C=O) groups excluding carboxylic acids is 2. The Morgan fingerprint density at radius 1 is 0.508 bits per heavy atom. The molecule has 0 aromatic heterocycles. The molecule has 0 saturated carbocycles. The number of aliphatic hydroxyl groups is 2. The van der Waals surface area contributed by atoms with Crippen LogP contribution in [0.4, 0.5) is 0 Å². The quantitative estimate of drug-likeness (QED) is 0.0323. The number of ether oxygens (including phenoxy) is 1. The van der Waals surface area contributed by atoms with Crippen molar-refractivity contribution in [2.24, 2.45) is 0 Å². The molecule has 0 aliphatic rings. The summed E-state index contributed by atoms with van der Waals surface area (Å²) in [5.41, 5.74) is 0. The lowest BCUT2D eigenvalue weighted by Gasteiger charge is -2.24. The van der Waals surface area contributed by atoms with Gasteiger partial charge in [-0.1, -0.05) is 231 Å². The lowest BCUT2D eigenvalue weighted by atomic mass is 10.0. The predicted octanol–water partition coefficient (Wildman–Crippen LogP) is 15.3. The highest BCUT2D eigenvalue weighted by atomic mass is 16.5. The second-order valence-corrected chi connectivity index (χ2v) is 17.5. The minimum atomic E-state index is -0.794. The molecule has 0 saturated heterocycles. The second kappa shape index (κ2) is 47.1. The van der Waals surface area contributed by atoms with Crippen molar-refractivity contribution in [2.75, 3.05) is 6.61 Å². The van der Waals surface area contributed by atoms with E-state index in [2.05, 4.69) is 62.5 Å². The molecule has 0 radical (unpaired) electrons. The fourth-order valence-corrected chi connectivity index (χ4v) is 7.86. The van der Waals surface area contributed by atoms with E-state index in [1.807, 2.05) is 0 Å². The Balaban J connectivity index is 4.56. The van der Waals surface area contributed by atoms with E-state index in [0.29, 0.717) is 19.3 Å². The summed E-state index contributed by atoms with van der Waals surface area (Å²) in [6, 6.07) is -0.710. The van der Waals surface area contributed by atoms with Gasteiger partial charge in [0.1, 0.15) is 6.10 Å². The molecule has 346 valence electrons. The maximum Gasteiger partial charge on any atom is 0.306 e. The summed E-state index contributed by atoms with van der Waals surface area (Å²) in [7, 11) is 0. The molecule has 0 aromatic carbocycles. The smallest absolute Gasteiger partial charge is 0.306 e. The Labute approximate surface area is 366 Å². The third-order valence-corrected chi connectivity index (χ3v) is 11.7. The molecule has 3 unspecified atom stereocenters. The SMILES string of the molecule is CC/C=C/C/C=C/C/C=C/CCCCC(CC(=O)NC(CO)C(O)CCCCCCCCCCCCCC)OC(=O)CCCCCCCCCCCCCCCCCC. The van der Waals surface area contributed by atoms with Crippen molar-refractivity contribution in [3.8, 4) is 0 Å². The molecule has 0 aliphatic carbocycles. The number of aliphatic hydroxyl groups excluding tert-OH is 2. The zero-order valence-corrected chi connectivity index (χ0v) is 39.4. The molecular weight excluding hydrogens is 731 g/mol. The Hall–Kier alpha value is -1.92. The highest BCUT2D eigenvalue weighted by Crippen LogP contribution is 2.18. The fraction of sp³-hybridized carbons (Fsp3) is 0.849. The average molecular weight is 830 g/mol. The van der Waals surface area contributed by atoms with E-state index in [1.54, 1.807) is 0 Å². The van der Waals surface area contributed by atoms with Gasteiger partial charge in [0.05, 0.1) is 25.2 Å². The van der Waals surface area contributed by atoms with Gasteiger partial charge >= 0.3 is 5.97 Å². The van der Waals surface area contributed by atoms with Crippen molar-refractivity contribution in [2.45, 2.75) is 283 Å². The van der Waals surface area contributed by atoms with E-state index in [4.69, 9.17) is 4.74 Å². The van der Waals surface area contributed by atoms with Crippen molar-refractivity contribution < 1.29 is 24.5 Å². The first-order chi connectivity index (χ1) is 29.0. The zero-order valence-electron chi connectivity index (χ0n) is 39.4. The standard InChI is InChI=1S/C53H99NO5/c1-4-7-10-13-16-19-22-25-26-27-28-31-34-37-40-43-46-53(58)59-49(44-41-38-35-32-29-23-20-17-14-11-8-5-2)47-52(57)54-50(48-55)51(56)45-42-39-36-33-30-24-21-18-15-12-9-6-3/h8,11,17,20,29,32,49-51,55-56H,4-7,9-10,12-16,18-19,21-28,30-31,33-48H2,1-3H3,(H,54,57)/b11-8+,20-17+,32-29+. The number of hydrogen-bond acceptors (Lipinski definition) is 5. The van der Waals surface area contributed by atoms with Crippen LogP contribution in [0.15, 0.2) is 36.5 Å². The molecule has 1 amide bonds. The number of carbonyl (C=O) groups is 2. The van der Waals surface area contributed by atoms with Crippen molar-refractivity contribution in [3.63, 3.8) is 0 Å². The molecule has 0 heterocycles. The molecule has 6 heteroatoms. The van der Waals surface area contributed by atoms with Gasteiger partial charge < -0.3 is 20.3 Å². The van der Waals surface area contributed by atoms with E-state index in [0.717, 1.165) is 77.0 Å². The van der Waals surface area contributed by atoms with Gasteiger partial charge in [-0.05, 0) is 57.8 Å². The second-order valence-electron chi connectivity index (χ2n) is 17.5. The number of unbranched alkanes of at least 4 members (excludes halogenated alkanes) is 28. The van der Waals surface area contributed by atoms with Crippen molar-refractivity contribution in [1.82, 2.24) is 5.32 Å². The summed E-state index contributed by atoms with van der Waals surface area (Å²) in [6.07, 6.45) is 54.9. The molecule has 0 bridgehead atoms. The van der Waals surface area contributed by atoms with Gasteiger partial charge in [-0.3, -0.25) is 9.59 Å². The number of rotatable bonds is 46. The van der Waals surface area contributed by atoms with Crippen LogP contribution >= 0.6 is 0 Å². The summed E-state index contributed by atoms with van der Waals surface area (Å²) in [4.78, 5) is 26.1. The van der Waals surface area contributed by atoms with Gasteiger partial charge in [0.25, 0.3) is 0 Å². The van der Waals surface area contributed by atoms with E-state index in [9.17, 15) is 19.8 Å². The maximum atomic E-state index is 13.2. The minimum Gasteiger partial charge on any atom is -0.462 e. The molecule has 0 aromatic rings. The number of esters is 1. The minimum absolute atomic E-state index is 0.0552. The highest BCUT2D eigenvalue weighted by molar-refractivity contribution is 5.77. The van der Waals surface area contributed by atoms with Gasteiger partial charge in [-0.2, -0.15) is 0 Å². The summed E-state index contributed by atoms with van der Waals surface area (Å²) in [5, 5.41) is 23.7. The summed E-state index contributed by atoms with van der Waals surface area (Å²) in [5.74, 6) is -0.502. The molecular formula is C53H99NO5. The van der Waals surface area contributed by atoms with Gasteiger partial charge in [0, 0.05) is 6.42 Å². The van der Waals surface area contributed by atoms with Gasteiger partial charge in [-0.25, -0.2) is 0 Å². The van der Waals surface area contributed by atoms with Crippen molar-refractivity contribution in [1.29, 1.82) is 0 Å². The molecule has 59 heavy (non-hydrogen) atoms. The van der Waals surface area contributed by atoms with Crippen LogP contribution in [0.25, 0.3) is 0 Å². The van der Waals surface area contributed by atoms with Crippen LogP contribution in [0.1, 0.15) is 265 Å². The predicted molar refractivity (Wildman–Crippen MR) is 255 cm³/mol. The first-order valence-electron chi connectivity index (χ1n) is 25.7. The molecule has 0 aliphatic heterocycles. The first-order valence-corrected chi connectivity index (χ1v) is 25.7. The number of amides is 1.